The van der Waals surface area contributed by atoms with Crippen molar-refractivity contribution in [2.45, 2.75) is 12.5 Å². The maximum absolute atomic E-state index is 12.8. The second-order valence-corrected chi connectivity index (χ2v) is 7.49. The highest BCUT2D eigenvalue weighted by molar-refractivity contribution is 6.35. The molecule has 2 N–H and O–H groups in total. The third kappa shape index (κ3) is 3.74. The summed E-state index contributed by atoms with van der Waals surface area (Å²) in [5, 5.41) is 4.59. The van der Waals surface area contributed by atoms with E-state index in [1.807, 2.05) is 24.5 Å². The number of hydrogen-bond acceptors (Lipinski definition) is 2. The molecule has 136 valence electrons. The Morgan fingerprint density at radius 1 is 1.00 bits per heavy atom. The largest absolute Gasteiger partial charge is 0.367 e. The normalized spacial score (nSPS) is 16.3. The van der Waals surface area contributed by atoms with Crippen LogP contribution in [0.4, 0.5) is 5.69 Å². The Labute approximate surface area is 171 Å². The van der Waals surface area contributed by atoms with E-state index in [4.69, 9.17) is 39.8 Å². The van der Waals surface area contributed by atoms with E-state index < -0.39 is 6.04 Å². The van der Waals surface area contributed by atoms with Gasteiger partial charge in [-0.3, -0.25) is 9.79 Å². The highest BCUT2D eigenvalue weighted by Crippen LogP contribution is 2.29. The number of rotatable bonds is 3. The van der Waals surface area contributed by atoms with Gasteiger partial charge in [0.1, 0.15) is 6.04 Å². The number of carbonyl (C=O) groups is 1. The van der Waals surface area contributed by atoms with Crippen molar-refractivity contribution in [3.63, 3.8) is 0 Å². The van der Waals surface area contributed by atoms with Gasteiger partial charge in [0.2, 0.25) is 5.91 Å². The van der Waals surface area contributed by atoms with Crippen molar-refractivity contribution in [2.24, 2.45) is 4.99 Å². The summed E-state index contributed by atoms with van der Waals surface area (Å²) in [5.41, 5.74) is 3.83. The van der Waals surface area contributed by atoms with Crippen LogP contribution in [0.2, 0.25) is 15.1 Å². The van der Waals surface area contributed by atoms with Crippen LogP contribution in [-0.4, -0.2) is 22.6 Å². The average Bonchev–Trinajstić information content (AvgIpc) is 3.12. The smallest absolute Gasteiger partial charge is 0.249 e. The van der Waals surface area contributed by atoms with E-state index in [2.05, 4.69) is 10.3 Å². The number of anilines is 1. The van der Waals surface area contributed by atoms with Crippen LogP contribution < -0.4 is 5.32 Å². The molecule has 0 aliphatic carbocycles. The molecule has 1 aliphatic rings. The minimum Gasteiger partial charge on any atom is -0.367 e. The van der Waals surface area contributed by atoms with Crippen LogP contribution in [0.5, 0.6) is 0 Å². The van der Waals surface area contributed by atoms with Crippen molar-refractivity contribution < 1.29 is 4.79 Å². The van der Waals surface area contributed by atoms with Gasteiger partial charge in [0.25, 0.3) is 0 Å². The van der Waals surface area contributed by atoms with E-state index in [0.29, 0.717) is 32.9 Å². The zero-order valence-electron chi connectivity index (χ0n) is 14.0. The first-order chi connectivity index (χ1) is 13.0. The molecule has 1 atom stereocenters. The molecule has 1 aromatic heterocycles. The van der Waals surface area contributed by atoms with Crippen LogP contribution in [-0.2, 0) is 11.2 Å². The summed E-state index contributed by atoms with van der Waals surface area (Å²) in [4.78, 5) is 20.6. The van der Waals surface area contributed by atoms with Crippen molar-refractivity contribution in [1.29, 1.82) is 0 Å². The Balaban J connectivity index is 1.80. The minimum absolute atomic E-state index is 0.199. The van der Waals surface area contributed by atoms with E-state index in [-0.39, 0.29) is 5.91 Å². The first-order valence-corrected chi connectivity index (χ1v) is 9.40. The molecule has 0 radical (unpaired) electrons. The van der Waals surface area contributed by atoms with Crippen molar-refractivity contribution in [3.8, 4) is 0 Å². The molecule has 2 heterocycles. The number of aromatic amines is 1. The molecule has 27 heavy (non-hydrogen) atoms. The zero-order valence-corrected chi connectivity index (χ0v) is 16.2. The van der Waals surface area contributed by atoms with Gasteiger partial charge >= 0.3 is 0 Å². The van der Waals surface area contributed by atoms with E-state index in [0.717, 1.165) is 16.7 Å². The van der Waals surface area contributed by atoms with Crippen molar-refractivity contribution in [3.05, 3.63) is 86.6 Å². The number of nitrogens with zero attached hydrogens (tertiary/aromatic N) is 1. The number of aliphatic imine (C=N–C) groups is 1. The topological polar surface area (TPSA) is 57.2 Å². The first-order valence-electron chi connectivity index (χ1n) is 8.27. The summed E-state index contributed by atoms with van der Waals surface area (Å²) in [5.74, 6) is -0.199. The summed E-state index contributed by atoms with van der Waals surface area (Å²) >= 11 is 18.5. The van der Waals surface area contributed by atoms with Gasteiger partial charge in [-0.15, -0.1) is 0 Å². The molecular formula is C20H14Cl3N3O. The lowest BCUT2D eigenvalue weighted by molar-refractivity contribution is -0.117. The van der Waals surface area contributed by atoms with Crippen molar-refractivity contribution in [2.75, 3.05) is 5.32 Å². The second-order valence-electron chi connectivity index (χ2n) is 6.21. The lowest BCUT2D eigenvalue weighted by Crippen LogP contribution is -2.27. The molecule has 1 amide bonds. The predicted octanol–water partition coefficient (Wildman–Crippen LogP) is 5.38. The third-order valence-electron chi connectivity index (χ3n) is 4.38. The van der Waals surface area contributed by atoms with Crippen molar-refractivity contribution in [1.82, 2.24) is 4.98 Å². The summed E-state index contributed by atoms with van der Waals surface area (Å²) in [6.45, 7) is 0. The standard InChI is InChI=1S/C20H14Cl3N3O/c21-13-3-4-17-15(8-13)19(12-5-6-24-10-12)25-18(20(27)26-17)7-11-1-2-14(22)9-16(11)23/h1-6,8-10,18,24H,7H2,(H,26,27). The summed E-state index contributed by atoms with van der Waals surface area (Å²) < 4.78 is 0. The van der Waals surface area contributed by atoms with Crippen LogP contribution in [0.1, 0.15) is 16.7 Å². The number of H-pyrrole nitrogens is 1. The molecule has 0 saturated heterocycles. The molecular weight excluding hydrogens is 405 g/mol. The Hall–Kier alpha value is -2.27. The van der Waals surface area contributed by atoms with Crippen molar-refractivity contribution >= 4 is 52.1 Å². The SMILES string of the molecule is O=C1Nc2ccc(Cl)cc2C(c2cc[nH]c2)=NC1Cc1ccc(Cl)cc1Cl. The summed E-state index contributed by atoms with van der Waals surface area (Å²) in [6.07, 6.45) is 4.01. The Bertz CT molecular complexity index is 1040. The van der Waals surface area contributed by atoms with E-state index in [9.17, 15) is 4.79 Å². The molecule has 7 heteroatoms. The van der Waals surface area contributed by atoms with Crippen LogP contribution in [0.3, 0.4) is 0 Å². The molecule has 4 nitrogen and oxygen atoms in total. The summed E-state index contributed by atoms with van der Waals surface area (Å²) in [7, 11) is 0. The minimum atomic E-state index is -0.639. The Morgan fingerprint density at radius 3 is 2.52 bits per heavy atom. The molecule has 0 spiro atoms. The van der Waals surface area contributed by atoms with Gasteiger partial charge < -0.3 is 10.3 Å². The fourth-order valence-electron chi connectivity index (χ4n) is 3.06. The first kappa shape index (κ1) is 18.1. The highest BCUT2D eigenvalue weighted by atomic mass is 35.5. The molecule has 0 saturated carbocycles. The van der Waals surface area contributed by atoms with Crippen LogP contribution in [0, 0.1) is 0 Å². The average molecular weight is 419 g/mol. The lowest BCUT2D eigenvalue weighted by atomic mass is 10.0. The Morgan fingerprint density at radius 2 is 1.78 bits per heavy atom. The maximum Gasteiger partial charge on any atom is 0.249 e. The second kappa shape index (κ2) is 7.39. The van der Waals surface area contributed by atoms with Gasteiger partial charge in [0, 0.05) is 45.0 Å². The van der Waals surface area contributed by atoms with Crippen LogP contribution in [0.25, 0.3) is 0 Å². The number of benzene rings is 2. The molecule has 1 unspecified atom stereocenters. The predicted molar refractivity (Wildman–Crippen MR) is 110 cm³/mol. The fourth-order valence-corrected chi connectivity index (χ4v) is 3.71. The van der Waals surface area contributed by atoms with Gasteiger partial charge in [-0.1, -0.05) is 40.9 Å². The van der Waals surface area contributed by atoms with Gasteiger partial charge in [0.15, 0.2) is 0 Å². The number of benzodiazepines with no additional fused rings is 1. The number of nitrogens with one attached hydrogen (secondary N) is 2. The Kier molecular flexibility index (Phi) is 4.96. The lowest BCUT2D eigenvalue weighted by Gasteiger charge is -2.12. The molecule has 3 aromatic rings. The molecule has 2 aromatic carbocycles. The molecule has 0 fully saturated rings. The number of amides is 1. The highest BCUT2D eigenvalue weighted by Gasteiger charge is 2.27. The number of carbonyl (C=O) groups excluding carboxylic acids is 1. The van der Waals surface area contributed by atoms with Gasteiger partial charge in [-0.05, 0) is 42.0 Å². The van der Waals surface area contributed by atoms with Gasteiger partial charge in [-0.25, -0.2) is 0 Å². The van der Waals surface area contributed by atoms with Crippen LogP contribution in [0.15, 0.2) is 59.9 Å². The number of fused-ring (bicyclic) bond motifs is 1. The summed E-state index contributed by atoms with van der Waals surface area (Å²) in [6, 6.07) is 11.8. The van der Waals surface area contributed by atoms with E-state index in [1.54, 1.807) is 30.3 Å². The quantitative estimate of drug-likeness (QED) is 0.590. The number of hydrogen-bond donors (Lipinski definition) is 2. The molecule has 4 rings (SSSR count). The molecule has 0 bridgehead atoms. The van der Waals surface area contributed by atoms with E-state index >= 15 is 0 Å². The zero-order chi connectivity index (χ0) is 19.0. The fraction of sp³-hybridized carbons (Fsp3) is 0.100. The van der Waals surface area contributed by atoms with Gasteiger partial charge in [0.05, 0.1) is 11.4 Å². The number of halogens is 3. The number of aromatic nitrogens is 1. The van der Waals surface area contributed by atoms with Gasteiger partial charge in [-0.2, -0.15) is 0 Å². The van der Waals surface area contributed by atoms with E-state index in [1.165, 1.54) is 0 Å². The third-order valence-corrected chi connectivity index (χ3v) is 5.20. The molecule has 1 aliphatic heterocycles. The maximum atomic E-state index is 12.8. The monoisotopic (exact) mass is 417 g/mol. The van der Waals surface area contributed by atoms with Crippen LogP contribution >= 0.6 is 34.8 Å².